The van der Waals surface area contributed by atoms with Crippen molar-refractivity contribution in [2.24, 2.45) is 0 Å². The summed E-state index contributed by atoms with van der Waals surface area (Å²) in [5.74, 6) is -1.61. The van der Waals surface area contributed by atoms with Crippen molar-refractivity contribution in [3.8, 4) is 0 Å². The SMILES string of the molecule is CSc1ccc(S(=O)(=O)N(CC(=O)NC(C)c2ccc(F)cc2)c2cccc(F)c2)cc1. The Balaban J connectivity index is 1.89. The molecule has 3 rings (SSSR count). The van der Waals surface area contributed by atoms with Crippen LogP contribution in [-0.4, -0.2) is 27.1 Å². The van der Waals surface area contributed by atoms with Gasteiger partial charge in [-0.05, 0) is 73.3 Å². The highest BCUT2D eigenvalue weighted by Crippen LogP contribution is 2.26. The van der Waals surface area contributed by atoms with E-state index in [0.717, 1.165) is 15.3 Å². The van der Waals surface area contributed by atoms with Gasteiger partial charge in [0.2, 0.25) is 5.91 Å². The molecule has 1 N–H and O–H groups in total. The molecular weight excluding hydrogens is 454 g/mol. The van der Waals surface area contributed by atoms with Gasteiger partial charge in [-0.2, -0.15) is 0 Å². The van der Waals surface area contributed by atoms with Crippen LogP contribution in [0.3, 0.4) is 0 Å². The Morgan fingerprint density at radius 3 is 2.25 bits per heavy atom. The van der Waals surface area contributed by atoms with Crippen LogP contribution in [0.5, 0.6) is 0 Å². The lowest BCUT2D eigenvalue weighted by Crippen LogP contribution is -2.41. The molecule has 0 spiro atoms. The summed E-state index contributed by atoms with van der Waals surface area (Å²) in [6.07, 6.45) is 1.87. The molecule has 1 amide bonds. The first-order valence-electron chi connectivity index (χ1n) is 9.68. The number of sulfonamides is 1. The first-order valence-corrected chi connectivity index (χ1v) is 12.3. The summed E-state index contributed by atoms with van der Waals surface area (Å²) >= 11 is 1.47. The number of benzene rings is 3. The number of nitrogens with zero attached hydrogens (tertiary/aromatic N) is 1. The van der Waals surface area contributed by atoms with Crippen molar-refractivity contribution in [3.63, 3.8) is 0 Å². The van der Waals surface area contributed by atoms with Crippen LogP contribution < -0.4 is 9.62 Å². The van der Waals surface area contributed by atoms with Crippen LogP contribution in [0.2, 0.25) is 0 Å². The zero-order valence-electron chi connectivity index (χ0n) is 17.5. The van der Waals surface area contributed by atoms with Gasteiger partial charge in [0, 0.05) is 4.90 Å². The van der Waals surface area contributed by atoms with Gasteiger partial charge < -0.3 is 5.32 Å². The van der Waals surface area contributed by atoms with Crippen molar-refractivity contribution in [2.45, 2.75) is 22.8 Å². The van der Waals surface area contributed by atoms with Gasteiger partial charge >= 0.3 is 0 Å². The smallest absolute Gasteiger partial charge is 0.264 e. The second kappa shape index (κ2) is 10.1. The molecule has 0 aliphatic heterocycles. The van der Waals surface area contributed by atoms with E-state index < -0.39 is 40.2 Å². The number of hydrogen-bond acceptors (Lipinski definition) is 4. The van der Waals surface area contributed by atoms with E-state index >= 15 is 0 Å². The Kier molecular flexibility index (Phi) is 7.52. The molecule has 0 radical (unpaired) electrons. The van der Waals surface area contributed by atoms with E-state index in [9.17, 15) is 22.0 Å². The molecule has 0 fully saturated rings. The summed E-state index contributed by atoms with van der Waals surface area (Å²) in [6, 6.07) is 16.4. The molecule has 0 saturated heterocycles. The zero-order chi connectivity index (χ0) is 23.3. The lowest BCUT2D eigenvalue weighted by molar-refractivity contribution is -0.120. The molecule has 0 saturated carbocycles. The number of thioether (sulfide) groups is 1. The number of carbonyl (C=O) groups excluding carboxylic acids is 1. The molecule has 0 heterocycles. The minimum absolute atomic E-state index is 0.0149. The molecule has 3 aromatic carbocycles. The third-order valence-electron chi connectivity index (χ3n) is 4.78. The van der Waals surface area contributed by atoms with Crippen molar-refractivity contribution in [1.29, 1.82) is 0 Å². The van der Waals surface area contributed by atoms with E-state index in [1.54, 1.807) is 19.1 Å². The van der Waals surface area contributed by atoms with Crippen LogP contribution in [0.15, 0.2) is 82.6 Å². The number of carbonyl (C=O) groups is 1. The lowest BCUT2D eigenvalue weighted by Gasteiger charge is -2.25. The molecule has 168 valence electrons. The van der Waals surface area contributed by atoms with Crippen LogP contribution in [-0.2, 0) is 14.8 Å². The van der Waals surface area contributed by atoms with E-state index in [2.05, 4.69) is 5.32 Å². The Hall–Kier alpha value is -2.91. The van der Waals surface area contributed by atoms with E-state index in [0.29, 0.717) is 5.56 Å². The Morgan fingerprint density at radius 1 is 1.00 bits per heavy atom. The molecule has 1 unspecified atom stereocenters. The number of nitrogens with one attached hydrogen (secondary N) is 1. The van der Waals surface area contributed by atoms with Crippen LogP contribution in [0.25, 0.3) is 0 Å². The molecule has 0 bridgehead atoms. The maximum Gasteiger partial charge on any atom is 0.264 e. The van der Waals surface area contributed by atoms with Gasteiger partial charge in [0.25, 0.3) is 10.0 Å². The Bertz CT molecular complexity index is 1180. The van der Waals surface area contributed by atoms with Crippen LogP contribution >= 0.6 is 11.8 Å². The second-order valence-electron chi connectivity index (χ2n) is 7.01. The largest absolute Gasteiger partial charge is 0.348 e. The van der Waals surface area contributed by atoms with E-state index in [1.807, 2.05) is 6.26 Å². The number of rotatable bonds is 8. The van der Waals surface area contributed by atoms with Crippen LogP contribution in [0.1, 0.15) is 18.5 Å². The summed E-state index contributed by atoms with van der Waals surface area (Å²) in [5.41, 5.74) is 0.691. The van der Waals surface area contributed by atoms with Gasteiger partial charge in [0.15, 0.2) is 0 Å². The van der Waals surface area contributed by atoms with Crippen molar-refractivity contribution in [1.82, 2.24) is 5.32 Å². The highest BCUT2D eigenvalue weighted by Gasteiger charge is 2.28. The molecule has 1 atom stereocenters. The molecule has 32 heavy (non-hydrogen) atoms. The second-order valence-corrected chi connectivity index (χ2v) is 9.75. The third-order valence-corrected chi connectivity index (χ3v) is 7.31. The van der Waals surface area contributed by atoms with Crippen molar-refractivity contribution < 1.29 is 22.0 Å². The number of anilines is 1. The quantitative estimate of drug-likeness (QED) is 0.476. The summed E-state index contributed by atoms with van der Waals surface area (Å²) < 4.78 is 54.6. The predicted octanol–water partition coefficient (Wildman–Crippen LogP) is 4.76. The van der Waals surface area contributed by atoms with Gasteiger partial charge in [-0.1, -0.05) is 18.2 Å². The molecule has 9 heteroatoms. The third kappa shape index (κ3) is 5.66. The topological polar surface area (TPSA) is 66.5 Å². The fourth-order valence-corrected chi connectivity index (χ4v) is 4.89. The molecule has 3 aromatic rings. The number of amides is 1. The summed E-state index contributed by atoms with van der Waals surface area (Å²) in [4.78, 5) is 13.6. The highest BCUT2D eigenvalue weighted by atomic mass is 32.2. The molecule has 0 aromatic heterocycles. The van der Waals surface area contributed by atoms with Gasteiger partial charge in [0.1, 0.15) is 18.2 Å². The highest BCUT2D eigenvalue weighted by molar-refractivity contribution is 7.98. The predicted molar refractivity (Wildman–Crippen MR) is 122 cm³/mol. The average Bonchev–Trinajstić information content (AvgIpc) is 2.77. The first-order chi connectivity index (χ1) is 15.2. The zero-order valence-corrected chi connectivity index (χ0v) is 19.1. The molecule has 0 aliphatic rings. The van der Waals surface area contributed by atoms with Crippen molar-refractivity contribution in [3.05, 3.63) is 90.0 Å². The van der Waals surface area contributed by atoms with E-state index in [-0.39, 0.29) is 10.6 Å². The normalized spacial score (nSPS) is 12.2. The molecule has 5 nitrogen and oxygen atoms in total. The Labute approximate surface area is 190 Å². The van der Waals surface area contributed by atoms with Crippen LogP contribution in [0.4, 0.5) is 14.5 Å². The Morgan fingerprint density at radius 2 is 1.66 bits per heavy atom. The summed E-state index contributed by atoms with van der Waals surface area (Å²) in [6.45, 7) is 1.15. The molecular formula is C23H22F2N2O3S2. The minimum atomic E-state index is -4.15. The van der Waals surface area contributed by atoms with Gasteiger partial charge in [-0.15, -0.1) is 11.8 Å². The molecule has 0 aliphatic carbocycles. The maximum atomic E-state index is 13.9. The monoisotopic (exact) mass is 476 g/mol. The first kappa shape index (κ1) is 23.7. The summed E-state index contributed by atoms with van der Waals surface area (Å²) in [7, 11) is -4.15. The van der Waals surface area contributed by atoms with Crippen LogP contribution in [0, 0.1) is 11.6 Å². The van der Waals surface area contributed by atoms with E-state index in [1.165, 1.54) is 66.4 Å². The minimum Gasteiger partial charge on any atom is -0.348 e. The van der Waals surface area contributed by atoms with E-state index in [4.69, 9.17) is 0 Å². The number of hydrogen-bond donors (Lipinski definition) is 1. The lowest BCUT2D eigenvalue weighted by atomic mass is 10.1. The standard InChI is InChI=1S/C23H22F2N2O3S2/c1-16(17-6-8-18(24)9-7-17)26-23(28)15-27(20-5-3-4-19(25)14-20)32(29,30)22-12-10-21(31-2)11-13-22/h3-14,16H,15H2,1-2H3,(H,26,28). The van der Waals surface area contributed by atoms with Gasteiger partial charge in [0.05, 0.1) is 16.6 Å². The van der Waals surface area contributed by atoms with Gasteiger partial charge in [-0.25, -0.2) is 17.2 Å². The fraction of sp³-hybridized carbons (Fsp3) is 0.174. The maximum absolute atomic E-state index is 13.9. The van der Waals surface area contributed by atoms with Crippen molar-refractivity contribution in [2.75, 3.05) is 17.1 Å². The van der Waals surface area contributed by atoms with Gasteiger partial charge in [-0.3, -0.25) is 9.10 Å². The summed E-state index contributed by atoms with van der Waals surface area (Å²) in [5, 5.41) is 2.71. The fourth-order valence-electron chi connectivity index (χ4n) is 3.07. The average molecular weight is 477 g/mol. The number of halogens is 2. The van der Waals surface area contributed by atoms with Crippen molar-refractivity contribution >= 4 is 33.4 Å².